The molecule has 21 heavy (non-hydrogen) atoms. The Morgan fingerprint density at radius 3 is 2.62 bits per heavy atom. The van der Waals surface area contributed by atoms with Gasteiger partial charge in [-0.2, -0.15) is 0 Å². The Morgan fingerprint density at radius 1 is 1.24 bits per heavy atom. The Labute approximate surface area is 119 Å². The number of non-ortho nitro benzene ring substituents is 1. The highest BCUT2D eigenvalue weighted by Crippen LogP contribution is 2.30. The van der Waals surface area contributed by atoms with Crippen molar-refractivity contribution in [1.29, 1.82) is 0 Å². The van der Waals surface area contributed by atoms with Gasteiger partial charge in [-0.25, -0.2) is 9.97 Å². The molecule has 0 bridgehead atoms. The van der Waals surface area contributed by atoms with Gasteiger partial charge in [0.2, 0.25) is 5.95 Å². The van der Waals surface area contributed by atoms with Gasteiger partial charge in [-0.05, 0) is 6.92 Å². The monoisotopic (exact) mass is 289 g/mol. The highest BCUT2D eigenvalue weighted by atomic mass is 16.6. The molecule has 0 amide bonds. The molecule has 0 aliphatic carbocycles. The predicted molar refractivity (Wildman–Crippen MR) is 74.9 cm³/mol. The highest BCUT2D eigenvalue weighted by molar-refractivity contribution is 5.71. The summed E-state index contributed by atoms with van der Waals surface area (Å²) < 4.78 is 0. The minimum atomic E-state index is -0.621. The Hall–Kier alpha value is -3.10. The average Bonchev–Trinajstić information content (AvgIpc) is 2.47. The first-order valence-electron chi connectivity index (χ1n) is 6.03. The van der Waals surface area contributed by atoms with Gasteiger partial charge in [0.05, 0.1) is 9.85 Å². The molecule has 1 aromatic heterocycles. The molecule has 1 heterocycles. The summed E-state index contributed by atoms with van der Waals surface area (Å²) in [5.74, 6) is 0.226. The third-order valence-electron chi connectivity index (χ3n) is 2.63. The fourth-order valence-electron chi connectivity index (χ4n) is 1.73. The smallest absolute Gasteiger partial charge is 0.313 e. The Morgan fingerprint density at radius 2 is 2.00 bits per heavy atom. The number of aromatic nitrogens is 2. The molecule has 0 saturated carbocycles. The number of nitrogens with one attached hydrogen (secondary N) is 1. The summed E-state index contributed by atoms with van der Waals surface area (Å²) in [6.45, 7) is 2.38. The van der Waals surface area contributed by atoms with E-state index < -0.39 is 9.85 Å². The number of benzene rings is 1. The summed E-state index contributed by atoms with van der Waals surface area (Å²) >= 11 is 0. The Balaban J connectivity index is 2.59. The van der Waals surface area contributed by atoms with Crippen molar-refractivity contribution in [3.05, 3.63) is 50.7 Å². The third-order valence-corrected chi connectivity index (χ3v) is 2.63. The van der Waals surface area contributed by atoms with E-state index in [1.165, 1.54) is 24.3 Å². The zero-order valence-corrected chi connectivity index (χ0v) is 11.0. The van der Waals surface area contributed by atoms with Crippen LogP contribution in [-0.4, -0.2) is 26.4 Å². The second-order valence-corrected chi connectivity index (χ2v) is 4.02. The van der Waals surface area contributed by atoms with Crippen LogP contribution in [0.3, 0.4) is 0 Å². The van der Waals surface area contributed by atoms with Crippen LogP contribution in [0.2, 0.25) is 0 Å². The topological polar surface area (TPSA) is 124 Å². The van der Waals surface area contributed by atoms with E-state index in [1.807, 2.05) is 6.92 Å². The molecule has 0 unspecified atom stereocenters. The van der Waals surface area contributed by atoms with Crippen molar-refractivity contribution < 1.29 is 9.85 Å². The van der Waals surface area contributed by atoms with Crippen LogP contribution in [0.5, 0.6) is 0 Å². The molecule has 0 spiro atoms. The van der Waals surface area contributed by atoms with Crippen LogP contribution < -0.4 is 5.32 Å². The van der Waals surface area contributed by atoms with Crippen molar-refractivity contribution in [1.82, 2.24) is 9.97 Å². The van der Waals surface area contributed by atoms with Gasteiger partial charge in [0.1, 0.15) is 6.20 Å². The maximum atomic E-state index is 11.1. The molecule has 9 nitrogen and oxygen atoms in total. The van der Waals surface area contributed by atoms with Crippen molar-refractivity contribution in [2.75, 3.05) is 11.9 Å². The number of rotatable bonds is 5. The maximum absolute atomic E-state index is 11.1. The van der Waals surface area contributed by atoms with Gasteiger partial charge in [0.25, 0.3) is 5.69 Å². The molecule has 0 saturated heterocycles. The summed E-state index contributed by atoms with van der Waals surface area (Å²) in [5, 5.41) is 24.7. The SMILES string of the molecule is CCNc1ncc([N+](=O)[O-])c(-c2cccc([N+](=O)[O-])c2)n1. The molecule has 2 aromatic rings. The van der Waals surface area contributed by atoms with Gasteiger partial charge in [-0.15, -0.1) is 0 Å². The quantitative estimate of drug-likeness (QED) is 0.661. The minimum absolute atomic E-state index is 0.0367. The molecular weight excluding hydrogens is 278 g/mol. The molecule has 1 aromatic carbocycles. The van der Waals surface area contributed by atoms with E-state index in [0.29, 0.717) is 6.54 Å². The number of hydrogen-bond donors (Lipinski definition) is 1. The number of nitro groups is 2. The number of anilines is 1. The summed E-state index contributed by atoms with van der Waals surface area (Å²) in [5.41, 5.74) is -0.144. The molecule has 0 fully saturated rings. The molecule has 1 N–H and O–H groups in total. The molecule has 9 heteroatoms. The van der Waals surface area contributed by atoms with Crippen LogP contribution in [0, 0.1) is 20.2 Å². The van der Waals surface area contributed by atoms with Gasteiger partial charge in [-0.1, -0.05) is 12.1 Å². The van der Waals surface area contributed by atoms with Gasteiger partial charge >= 0.3 is 5.69 Å². The van der Waals surface area contributed by atoms with Crippen LogP contribution in [-0.2, 0) is 0 Å². The lowest BCUT2D eigenvalue weighted by atomic mass is 10.1. The lowest BCUT2D eigenvalue weighted by Gasteiger charge is -2.05. The van der Waals surface area contributed by atoms with E-state index in [-0.39, 0.29) is 28.6 Å². The first-order valence-corrected chi connectivity index (χ1v) is 6.03. The molecule has 2 rings (SSSR count). The van der Waals surface area contributed by atoms with Crippen molar-refractivity contribution in [3.8, 4) is 11.3 Å². The molecular formula is C12H11N5O4. The van der Waals surface area contributed by atoms with E-state index in [9.17, 15) is 20.2 Å². The van der Waals surface area contributed by atoms with Crippen molar-refractivity contribution >= 4 is 17.3 Å². The van der Waals surface area contributed by atoms with E-state index in [4.69, 9.17) is 0 Å². The normalized spacial score (nSPS) is 10.1. The predicted octanol–water partition coefficient (Wildman–Crippen LogP) is 2.39. The van der Waals surface area contributed by atoms with E-state index in [2.05, 4.69) is 15.3 Å². The highest BCUT2D eigenvalue weighted by Gasteiger charge is 2.20. The van der Waals surface area contributed by atoms with Gasteiger partial charge in [0.15, 0.2) is 5.69 Å². The molecule has 0 atom stereocenters. The van der Waals surface area contributed by atoms with E-state index >= 15 is 0 Å². The van der Waals surface area contributed by atoms with Gasteiger partial charge in [0, 0.05) is 24.2 Å². The van der Waals surface area contributed by atoms with Gasteiger partial charge < -0.3 is 5.32 Å². The third kappa shape index (κ3) is 3.08. The molecule has 0 aliphatic rings. The molecule has 0 aliphatic heterocycles. The average molecular weight is 289 g/mol. The summed E-state index contributed by atoms with van der Waals surface area (Å²) in [7, 11) is 0. The maximum Gasteiger partial charge on any atom is 0.313 e. The number of nitrogens with zero attached hydrogens (tertiary/aromatic N) is 4. The summed E-state index contributed by atoms with van der Waals surface area (Å²) in [6.07, 6.45) is 1.08. The number of hydrogen-bond acceptors (Lipinski definition) is 7. The lowest BCUT2D eigenvalue weighted by molar-refractivity contribution is -0.385. The van der Waals surface area contributed by atoms with E-state index in [1.54, 1.807) is 0 Å². The van der Waals surface area contributed by atoms with Crippen LogP contribution in [0.4, 0.5) is 17.3 Å². The lowest BCUT2D eigenvalue weighted by Crippen LogP contribution is -2.05. The van der Waals surface area contributed by atoms with Crippen molar-refractivity contribution in [2.45, 2.75) is 6.92 Å². The van der Waals surface area contributed by atoms with E-state index in [0.717, 1.165) is 6.20 Å². The fourth-order valence-corrected chi connectivity index (χ4v) is 1.73. The zero-order chi connectivity index (χ0) is 15.4. The van der Waals surface area contributed by atoms with Crippen molar-refractivity contribution in [2.24, 2.45) is 0 Å². The van der Waals surface area contributed by atoms with Gasteiger partial charge in [-0.3, -0.25) is 20.2 Å². The fraction of sp³-hybridized carbons (Fsp3) is 0.167. The second kappa shape index (κ2) is 5.90. The Bertz CT molecular complexity index is 704. The standard InChI is InChI=1S/C12H11N5O4/c1-2-13-12-14-7-10(17(20)21)11(15-12)8-4-3-5-9(6-8)16(18)19/h3-7H,2H2,1H3,(H,13,14,15). The van der Waals surface area contributed by atoms with Crippen LogP contribution in [0.1, 0.15) is 6.92 Å². The van der Waals surface area contributed by atoms with Crippen LogP contribution in [0.15, 0.2) is 30.5 Å². The minimum Gasteiger partial charge on any atom is -0.354 e. The first kappa shape index (κ1) is 14.3. The number of nitro benzene ring substituents is 1. The summed E-state index contributed by atoms with van der Waals surface area (Å²) in [6, 6.07) is 5.52. The van der Waals surface area contributed by atoms with Crippen LogP contribution in [0.25, 0.3) is 11.3 Å². The first-order chi connectivity index (χ1) is 10.0. The summed E-state index contributed by atoms with van der Waals surface area (Å²) in [4.78, 5) is 28.6. The van der Waals surface area contributed by atoms with Crippen LogP contribution >= 0.6 is 0 Å². The molecule has 108 valence electrons. The Kier molecular flexibility index (Phi) is 4.02. The molecule has 0 radical (unpaired) electrons. The van der Waals surface area contributed by atoms with Crippen molar-refractivity contribution in [3.63, 3.8) is 0 Å². The largest absolute Gasteiger partial charge is 0.354 e. The second-order valence-electron chi connectivity index (χ2n) is 4.02. The zero-order valence-electron chi connectivity index (χ0n) is 11.0.